The number of nitrogens with one attached hydrogen (secondary N) is 1. The SMILES string of the molecule is Cc1c(C(=O)NCC(c2cccs2)N2CCCC2)oc2ccccc12. The number of nitrogens with zero attached hydrogens (tertiary/aromatic N) is 1. The molecular formula is C20H22N2O2S. The number of likely N-dealkylation sites (tertiary alicyclic amines) is 1. The first kappa shape index (κ1) is 16.4. The molecule has 4 nitrogen and oxygen atoms in total. The van der Waals surface area contributed by atoms with Crippen molar-refractivity contribution in [3.8, 4) is 0 Å². The molecule has 130 valence electrons. The molecule has 1 saturated heterocycles. The molecule has 1 unspecified atom stereocenters. The second kappa shape index (κ2) is 7.02. The lowest BCUT2D eigenvalue weighted by atomic mass is 10.1. The number of benzene rings is 1. The Balaban J connectivity index is 1.52. The van der Waals surface area contributed by atoms with E-state index in [1.807, 2.05) is 31.2 Å². The summed E-state index contributed by atoms with van der Waals surface area (Å²) in [5.41, 5.74) is 1.67. The molecule has 0 aliphatic carbocycles. The summed E-state index contributed by atoms with van der Waals surface area (Å²) < 4.78 is 5.79. The van der Waals surface area contributed by atoms with Gasteiger partial charge in [0.2, 0.25) is 0 Å². The number of amides is 1. The molecular weight excluding hydrogens is 332 g/mol. The first-order valence-corrected chi connectivity index (χ1v) is 9.66. The van der Waals surface area contributed by atoms with E-state index in [9.17, 15) is 4.79 Å². The predicted molar refractivity (Wildman–Crippen MR) is 101 cm³/mol. The number of aryl methyl sites for hydroxylation is 1. The van der Waals surface area contributed by atoms with Crippen molar-refractivity contribution in [3.05, 3.63) is 58.0 Å². The van der Waals surface area contributed by atoms with Gasteiger partial charge in [0.15, 0.2) is 5.76 Å². The lowest BCUT2D eigenvalue weighted by Gasteiger charge is -2.26. The molecule has 1 aliphatic heterocycles. The topological polar surface area (TPSA) is 45.5 Å². The minimum atomic E-state index is -0.130. The van der Waals surface area contributed by atoms with Crippen LogP contribution >= 0.6 is 11.3 Å². The summed E-state index contributed by atoms with van der Waals surface area (Å²) in [6.07, 6.45) is 2.47. The summed E-state index contributed by atoms with van der Waals surface area (Å²) in [5.74, 6) is 0.294. The van der Waals surface area contributed by atoms with Gasteiger partial charge in [-0.2, -0.15) is 0 Å². The van der Waals surface area contributed by atoms with Crippen LogP contribution < -0.4 is 5.32 Å². The first-order chi connectivity index (χ1) is 12.2. The Kier molecular flexibility index (Phi) is 4.59. The van der Waals surface area contributed by atoms with Gasteiger partial charge in [0.05, 0.1) is 6.04 Å². The Morgan fingerprint density at radius 1 is 1.24 bits per heavy atom. The molecule has 1 fully saturated rings. The number of carbonyl (C=O) groups excluding carboxylic acids is 1. The smallest absolute Gasteiger partial charge is 0.287 e. The van der Waals surface area contributed by atoms with Gasteiger partial charge < -0.3 is 9.73 Å². The lowest BCUT2D eigenvalue weighted by Crippen LogP contribution is -2.36. The van der Waals surface area contributed by atoms with Crippen LogP contribution in [-0.2, 0) is 0 Å². The van der Waals surface area contributed by atoms with E-state index in [0.717, 1.165) is 29.6 Å². The molecule has 25 heavy (non-hydrogen) atoms. The standard InChI is InChI=1S/C20H22N2O2S/c1-14-15-7-2-3-8-17(15)24-19(14)20(23)21-13-16(18-9-6-12-25-18)22-10-4-5-11-22/h2-3,6-9,12,16H,4-5,10-11,13H2,1H3,(H,21,23). The van der Waals surface area contributed by atoms with E-state index in [2.05, 4.69) is 27.7 Å². The minimum absolute atomic E-state index is 0.130. The molecule has 0 radical (unpaired) electrons. The summed E-state index contributed by atoms with van der Waals surface area (Å²) in [4.78, 5) is 16.5. The van der Waals surface area contributed by atoms with Crippen molar-refractivity contribution in [2.75, 3.05) is 19.6 Å². The van der Waals surface area contributed by atoms with Crippen molar-refractivity contribution in [1.29, 1.82) is 0 Å². The highest BCUT2D eigenvalue weighted by Crippen LogP contribution is 2.28. The monoisotopic (exact) mass is 354 g/mol. The zero-order valence-electron chi connectivity index (χ0n) is 14.3. The summed E-state index contributed by atoms with van der Waals surface area (Å²) in [6.45, 7) is 4.75. The maximum Gasteiger partial charge on any atom is 0.287 e. The highest BCUT2D eigenvalue weighted by Gasteiger charge is 2.26. The van der Waals surface area contributed by atoms with Gasteiger partial charge in [-0.05, 0) is 50.4 Å². The van der Waals surface area contributed by atoms with Gasteiger partial charge in [-0.1, -0.05) is 24.3 Å². The maximum atomic E-state index is 12.7. The Morgan fingerprint density at radius 2 is 2.04 bits per heavy atom. The number of hydrogen-bond acceptors (Lipinski definition) is 4. The molecule has 1 N–H and O–H groups in total. The molecule has 0 spiro atoms. The van der Waals surface area contributed by atoms with Gasteiger partial charge in [-0.3, -0.25) is 9.69 Å². The third kappa shape index (κ3) is 3.22. The van der Waals surface area contributed by atoms with Crippen LogP contribution in [0.2, 0.25) is 0 Å². The normalized spacial score (nSPS) is 16.4. The average Bonchev–Trinajstić information content (AvgIpc) is 3.37. The van der Waals surface area contributed by atoms with Crippen LogP contribution in [0.25, 0.3) is 11.0 Å². The highest BCUT2D eigenvalue weighted by atomic mass is 32.1. The fourth-order valence-electron chi connectivity index (χ4n) is 3.60. The summed E-state index contributed by atoms with van der Waals surface area (Å²) in [5, 5.41) is 6.20. The second-order valence-corrected chi connectivity index (χ2v) is 7.52. The van der Waals surface area contributed by atoms with Gasteiger partial charge in [0.1, 0.15) is 5.58 Å². The third-order valence-electron chi connectivity index (χ3n) is 4.96. The maximum absolute atomic E-state index is 12.7. The van der Waals surface area contributed by atoms with E-state index < -0.39 is 0 Å². The van der Waals surface area contributed by atoms with Gasteiger partial charge in [-0.25, -0.2) is 0 Å². The van der Waals surface area contributed by atoms with Crippen molar-refractivity contribution in [2.45, 2.75) is 25.8 Å². The minimum Gasteiger partial charge on any atom is -0.451 e. The van der Waals surface area contributed by atoms with Gasteiger partial charge in [-0.15, -0.1) is 11.3 Å². The average molecular weight is 354 g/mol. The van der Waals surface area contributed by atoms with Gasteiger partial charge >= 0.3 is 0 Å². The molecule has 3 aromatic rings. The number of para-hydroxylation sites is 1. The third-order valence-corrected chi connectivity index (χ3v) is 5.93. The van der Waals surface area contributed by atoms with Crippen LogP contribution in [0.5, 0.6) is 0 Å². The van der Waals surface area contributed by atoms with Crippen molar-refractivity contribution in [3.63, 3.8) is 0 Å². The molecule has 0 saturated carbocycles. The van der Waals surface area contributed by atoms with E-state index in [1.165, 1.54) is 17.7 Å². The summed E-state index contributed by atoms with van der Waals surface area (Å²) in [7, 11) is 0. The molecule has 2 aromatic heterocycles. The molecule has 1 amide bonds. The van der Waals surface area contributed by atoms with Crippen LogP contribution in [0, 0.1) is 6.92 Å². The number of carbonyl (C=O) groups is 1. The van der Waals surface area contributed by atoms with E-state index >= 15 is 0 Å². The molecule has 0 bridgehead atoms. The Bertz CT molecular complexity index is 863. The number of fused-ring (bicyclic) bond motifs is 1. The van der Waals surface area contributed by atoms with Crippen molar-refractivity contribution >= 4 is 28.2 Å². The van der Waals surface area contributed by atoms with Crippen LogP contribution in [0.1, 0.15) is 39.9 Å². The number of hydrogen-bond donors (Lipinski definition) is 1. The zero-order chi connectivity index (χ0) is 17.2. The van der Waals surface area contributed by atoms with Crippen molar-refractivity contribution in [2.24, 2.45) is 0 Å². The summed E-state index contributed by atoms with van der Waals surface area (Å²) in [6, 6.07) is 12.3. The molecule has 4 rings (SSSR count). The molecule has 1 atom stereocenters. The molecule has 1 aliphatic rings. The van der Waals surface area contributed by atoms with E-state index in [4.69, 9.17) is 4.42 Å². The second-order valence-electron chi connectivity index (χ2n) is 6.54. The zero-order valence-corrected chi connectivity index (χ0v) is 15.1. The quantitative estimate of drug-likeness (QED) is 0.740. The number of rotatable bonds is 5. The Hall–Kier alpha value is -2.11. The largest absolute Gasteiger partial charge is 0.451 e. The van der Waals surface area contributed by atoms with Crippen LogP contribution in [-0.4, -0.2) is 30.4 Å². The number of thiophene rings is 1. The number of furan rings is 1. The predicted octanol–water partition coefficient (Wildman–Crippen LogP) is 4.37. The fraction of sp³-hybridized carbons (Fsp3) is 0.350. The molecule has 3 heterocycles. The Labute approximate surface area is 151 Å². The summed E-state index contributed by atoms with van der Waals surface area (Å²) >= 11 is 1.76. The van der Waals surface area contributed by atoms with Crippen LogP contribution in [0.4, 0.5) is 0 Å². The van der Waals surface area contributed by atoms with Crippen LogP contribution in [0.3, 0.4) is 0 Å². The van der Waals surface area contributed by atoms with Crippen molar-refractivity contribution < 1.29 is 9.21 Å². The van der Waals surface area contributed by atoms with E-state index in [-0.39, 0.29) is 11.9 Å². The lowest BCUT2D eigenvalue weighted by molar-refractivity contribution is 0.0912. The van der Waals surface area contributed by atoms with E-state index in [0.29, 0.717) is 12.3 Å². The Morgan fingerprint density at radius 3 is 2.76 bits per heavy atom. The first-order valence-electron chi connectivity index (χ1n) is 8.78. The van der Waals surface area contributed by atoms with E-state index in [1.54, 1.807) is 11.3 Å². The molecule has 1 aromatic carbocycles. The van der Waals surface area contributed by atoms with Crippen molar-refractivity contribution in [1.82, 2.24) is 10.2 Å². The highest BCUT2D eigenvalue weighted by molar-refractivity contribution is 7.10. The fourth-order valence-corrected chi connectivity index (χ4v) is 4.47. The van der Waals surface area contributed by atoms with Gasteiger partial charge in [0, 0.05) is 22.4 Å². The van der Waals surface area contributed by atoms with Crippen LogP contribution in [0.15, 0.2) is 46.2 Å². The van der Waals surface area contributed by atoms with Gasteiger partial charge in [0.25, 0.3) is 5.91 Å². The molecule has 5 heteroatoms.